The molecule has 2 rings (SSSR count). The Morgan fingerprint density at radius 3 is 2.55 bits per heavy atom. The minimum atomic E-state index is -0.220. The van der Waals surface area contributed by atoms with E-state index in [0.717, 1.165) is 18.9 Å². The number of hydrogen-bond donors (Lipinski definition) is 0. The van der Waals surface area contributed by atoms with Gasteiger partial charge in [-0.1, -0.05) is 20.8 Å². The smallest absolute Gasteiger partial charge is 0.409 e. The Kier molecular flexibility index (Phi) is 4.42. The highest BCUT2D eigenvalue weighted by atomic mass is 16.6. The van der Waals surface area contributed by atoms with Crippen molar-refractivity contribution in [2.45, 2.75) is 20.8 Å². The van der Waals surface area contributed by atoms with Crippen LogP contribution in [-0.4, -0.2) is 53.7 Å². The Balaban J connectivity index is 1.81. The van der Waals surface area contributed by atoms with Gasteiger partial charge in [0.2, 0.25) is 0 Å². The van der Waals surface area contributed by atoms with E-state index in [4.69, 9.17) is 4.74 Å². The van der Waals surface area contributed by atoms with Crippen LogP contribution in [0, 0.1) is 5.41 Å². The molecule has 0 bridgehead atoms. The maximum atomic E-state index is 11.9. The Bertz CT molecular complexity index is 436. The molecule has 0 radical (unpaired) electrons. The molecule has 1 aliphatic rings. The minimum absolute atomic E-state index is 0.00155. The molecule has 0 spiro atoms. The fraction of sp³-hybridized carbons (Fsp3) is 0.643. The van der Waals surface area contributed by atoms with Crippen LogP contribution in [0.4, 0.5) is 10.6 Å². The first kappa shape index (κ1) is 14.6. The van der Waals surface area contributed by atoms with Crippen molar-refractivity contribution < 1.29 is 9.53 Å². The second kappa shape index (κ2) is 6.07. The fourth-order valence-corrected chi connectivity index (χ4v) is 1.96. The summed E-state index contributed by atoms with van der Waals surface area (Å²) >= 11 is 0. The van der Waals surface area contributed by atoms with E-state index in [-0.39, 0.29) is 11.5 Å². The highest BCUT2D eigenvalue weighted by Gasteiger charge is 2.24. The van der Waals surface area contributed by atoms with Gasteiger partial charge in [0.05, 0.1) is 6.61 Å². The second-order valence-electron chi connectivity index (χ2n) is 6.16. The van der Waals surface area contributed by atoms with Crippen LogP contribution in [0.2, 0.25) is 0 Å². The van der Waals surface area contributed by atoms with Gasteiger partial charge in [-0.05, 0) is 11.5 Å². The van der Waals surface area contributed by atoms with Crippen LogP contribution in [0.5, 0.6) is 0 Å². The third kappa shape index (κ3) is 4.08. The van der Waals surface area contributed by atoms with Crippen molar-refractivity contribution in [3.63, 3.8) is 0 Å². The summed E-state index contributed by atoms with van der Waals surface area (Å²) in [6, 6.07) is 1.88. The number of hydrogen-bond acceptors (Lipinski definition) is 5. The van der Waals surface area contributed by atoms with E-state index in [0.29, 0.717) is 19.7 Å². The average molecular weight is 278 g/mol. The molecule has 20 heavy (non-hydrogen) atoms. The number of carbonyl (C=O) groups is 1. The number of anilines is 1. The van der Waals surface area contributed by atoms with E-state index in [9.17, 15) is 4.79 Å². The quantitative estimate of drug-likeness (QED) is 0.825. The molecule has 6 heteroatoms. The van der Waals surface area contributed by atoms with Gasteiger partial charge in [-0.3, -0.25) is 0 Å². The number of aromatic nitrogens is 2. The maximum absolute atomic E-state index is 11.9. The molecule has 6 nitrogen and oxygen atoms in total. The van der Waals surface area contributed by atoms with Gasteiger partial charge >= 0.3 is 6.09 Å². The molecule has 1 amide bonds. The van der Waals surface area contributed by atoms with Gasteiger partial charge in [0, 0.05) is 32.4 Å². The van der Waals surface area contributed by atoms with Crippen LogP contribution in [0.3, 0.4) is 0 Å². The van der Waals surface area contributed by atoms with Crippen molar-refractivity contribution in [1.29, 1.82) is 0 Å². The molecule has 0 aliphatic carbocycles. The van der Waals surface area contributed by atoms with Gasteiger partial charge in [-0.25, -0.2) is 14.8 Å². The lowest BCUT2D eigenvalue weighted by Gasteiger charge is -2.35. The normalized spacial score (nSPS) is 16.1. The SMILES string of the molecule is CC(C)(C)COC(=O)N1CCN(c2ccncn2)CC1. The van der Waals surface area contributed by atoms with Gasteiger partial charge in [-0.2, -0.15) is 0 Å². The first-order chi connectivity index (χ1) is 9.46. The molecule has 0 atom stereocenters. The Labute approximate surface area is 119 Å². The summed E-state index contributed by atoms with van der Waals surface area (Å²) in [5.41, 5.74) is -0.00155. The summed E-state index contributed by atoms with van der Waals surface area (Å²) in [5, 5.41) is 0. The molecule has 0 saturated carbocycles. The summed E-state index contributed by atoms with van der Waals surface area (Å²) < 4.78 is 5.33. The number of piperazine rings is 1. The molecular weight excluding hydrogens is 256 g/mol. The van der Waals surface area contributed by atoms with Gasteiger partial charge in [0.15, 0.2) is 0 Å². The van der Waals surface area contributed by atoms with Crippen molar-refractivity contribution in [2.24, 2.45) is 5.41 Å². The number of amides is 1. The molecule has 110 valence electrons. The van der Waals surface area contributed by atoms with Gasteiger partial charge < -0.3 is 14.5 Å². The molecule has 1 saturated heterocycles. The summed E-state index contributed by atoms with van der Waals surface area (Å²) in [6.07, 6.45) is 3.05. The number of carbonyl (C=O) groups excluding carboxylic acids is 1. The minimum Gasteiger partial charge on any atom is -0.449 e. The standard InChI is InChI=1S/C14H22N4O2/c1-14(2,3)10-20-13(19)18-8-6-17(7-9-18)12-4-5-15-11-16-12/h4-5,11H,6-10H2,1-3H3. The predicted octanol–water partition coefficient (Wildman–Crippen LogP) is 1.78. The van der Waals surface area contributed by atoms with E-state index in [1.165, 1.54) is 0 Å². The highest BCUT2D eigenvalue weighted by Crippen LogP contribution is 2.15. The zero-order valence-corrected chi connectivity index (χ0v) is 12.4. The molecule has 1 aliphatic heterocycles. The molecule has 0 aromatic carbocycles. The van der Waals surface area contributed by atoms with Crippen LogP contribution in [-0.2, 0) is 4.74 Å². The van der Waals surface area contributed by atoms with Crippen molar-refractivity contribution in [2.75, 3.05) is 37.7 Å². The number of ether oxygens (including phenoxy) is 1. The van der Waals surface area contributed by atoms with Crippen LogP contribution >= 0.6 is 0 Å². The van der Waals surface area contributed by atoms with Crippen LogP contribution in [0.25, 0.3) is 0 Å². The van der Waals surface area contributed by atoms with E-state index in [1.807, 2.05) is 26.8 Å². The van der Waals surface area contributed by atoms with Crippen LogP contribution < -0.4 is 4.90 Å². The molecule has 1 fully saturated rings. The summed E-state index contributed by atoms with van der Waals surface area (Å²) in [6.45, 7) is 9.44. The Hall–Kier alpha value is -1.85. The van der Waals surface area contributed by atoms with Crippen LogP contribution in [0.15, 0.2) is 18.6 Å². The predicted molar refractivity (Wildman–Crippen MR) is 76.6 cm³/mol. The zero-order chi connectivity index (χ0) is 14.6. The number of rotatable bonds is 2. The Morgan fingerprint density at radius 2 is 2.00 bits per heavy atom. The number of nitrogens with zero attached hydrogens (tertiary/aromatic N) is 4. The van der Waals surface area contributed by atoms with Gasteiger partial charge in [0.1, 0.15) is 12.1 Å². The summed E-state index contributed by atoms with van der Waals surface area (Å²) in [5.74, 6) is 0.905. The van der Waals surface area contributed by atoms with Crippen molar-refractivity contribution in [1.82, 2.24) is 14.9 Å². The zero-order valence-electron chi connectivity index (χ0n) is 12.4. The first-order valence-corrected chi connectivity index (χ1v) is 6.88. The van der Waals surface area contributed by atoms with Crippen molar-refractivity contribution >= 4 is 11.9 Å². The van der Waals surface area contributed by atoms with Gasteiger partial charge in [0.25, 0.3) is 0 Å². The molecule has 0 unspecified atom stereocenters. The first-order valence-electron chi connectivity index (χ1n) is 6.88. The average Bonchev–Trinajstić information content (AvgIpc) is 2.45. The molecular formula is C14H22N4O2. The van der Waals surface area contributed by atoms with Crippen molar-refractivity contribution in [3.8, 4) is 0 Å². The third-order valence-electron chi connectivity index (χ3n) is 3.06. The maximum Gasteiger partial charge on any atom is 0.409 e. The largest absolute Gasteiger partial charge is 0.449 e. The third-order valence-corrected chi connectivity index (χ3v) is 3.06. The Morgan fingerprint density at radius 1 is 1.30 bits per heavy atom. The van der Waals surface area contributed by atoms with Gasteiger partial charge in [-0.15, -0.1) is 0 Å². The molecule has 2 heterocycles. The summed E-state index contributed by atoms with van der Waals surface area (Å²) in [7, 11) is 0. The summed E-state index contributed by atoms with van der Waals surface area (Å²) in [4.78, 5) is 24.0. The van der Waals surface area contributed by atoms with E-state index in [2.05, 4.69) is 14.9 Å². The second-order valence-corrected chi connectivity index (χ2v) is 6.16. The fourth-order valence-electron chi connectivity index (χ4n) is 1.96. The highest BCUT2D eigenvalue weighted by molar-refractivity contribution is 5.68. The van der Waals surface area contributed by atoms with E-state index in [1.54, 1.807) is 17.4 Å². The van der Waals surface area contributed by atoms with Crippen LogP contribution in [0.1, 0.15) is 20.8 Å². The lowest BCUT2D eigenvalue weighted by atomic mass is 9.99. The lowest BCUT2D eigenvalue weighted by Crippen LogP contribution is -2.49. The molecule has 0 N–H and O–H groups in total. The van der Waals surface area contributed by atoms with E-state index < -0.39 is 0 Å². The monoisotopic (exact) mass is 278 g/mol. The van der Waals surface area contributed by atoms with Crippen molar-refractivity contribution in [3.05, 3.63) is 18.6 Å². The lowest BCUT2D eigenvalue weighted by molar-refractivity contribution is 0.0707. The molecule has 1 aromatic rings. The topological polar surface area (TPSA) is 58.6 Å². The molecule has 1 aromatic heterocycles. The van der Waals surface area contributed by atoms with E-state index >= 15 is 0 Å².